The number of thiocarbonyl (C=S) groups is 1. The molecule has 2 rings (SSSR count). The molecule has 1 aromatic carbocycles. The van der Waals surface area contributed by atoms with Crippen LogP contribution in [-0.2, 0) is 0 Å². The maximum absolute atomic E-state index is 12.2. The van der Waals surface area contributed by atoms with Gasteiger partial charge in [0.05, 0.1) is 17.0 Å². The summed E-state index contributed by atoms with van der Waals surface area (Å²) in [4.78, 5) is 24.0. The Kier molecular flexibility index (Phi) is 3.82. The molecule has 21 heavy (non-hydrogen) atoms. The largest absolute Gasteiger partial charge is 0.355 e. The third kappa shape index (κ3) is 3.27. The van der Waals surface area contributed by atoms with Crippen LogP contribution < -0.4 is 10.6 Å². The van der Waals surface area contributed by atoms with Crippen LogP contribution in [0.4, 0.5) is 16.2 Å². The van der Waals surface area contributed by atoms with E-state index in [1.54, 1.807) is 19.1 Å². The van der Waals surface area contributed by atoms with E-state index in [9.17, 15) is 14.9 Å². The van der Waals surface area contributed by atoms with Gasteiger partial charge in [0.1, 0.15) is 0 Å². The Morgan fingerprint density at radius 3 is 2.71 bits per heavy atom. The van der Waals surface area contributed by atoms with Gasteiger partial charge in [-0.25, -0.2) is 4.79 Å². The number of urea groups is 1. The summed E-state index contributed by atoms with van der Waals surface area (Å²) in [5.41, 5.74) is 0.589. The average Bonchev–Trinajstić information content (AvgIpc) is 2.65. The summed E-state index contributed by atoms with van der Waals surface area (Å²) in [5.74, 6) is 0. The van der Waals surface area contributed by atoms with Crippen molar-refractivity contribution in [1.82, 2.24) is 10.2 Å². The molecule has 0 aliphatic carbocycles. The Morgan fingerprint density at radius 1 is 1.52 bits per heavy atom. The quantitative estimate of drug-likeness (QED) is 0.497. The second-order valence-corrected chi connectivity index (χ2v) is 5.98. The molecule has 2 N–H and O–H groups in total. The third-order valence-corrected chi connectivity index (χ3v) is 3.47. The van der Waals surface area contributed by atoms with Crippen molar-refractivity contribution in [3.8, 4) is 0 Å². The van der Waals surface area contributed by atoms with Crippen molar-refractivity contribution in [2.45, 2.75) is 26.3 Å². The van der Waals surface area contributed by atoms with Gasteiger partial charge in [0.2, 0.25) is 0 Å². The minimum atomic E-state index is -0.476. The molecule has 0 bridgehead atoms. The summed E-state index contributed by atoms with van der Waals surface area (Å²) in [7, 11) is 0. The molecular formula is C13H16N4O3S. The number of anilines is 1. The monoisotopic (exact) mass is 308 g/mol. The fraction of sp³-hybridized carbons (Fsp3) is 0.385. The Morgan fingerprint density at radius 2 is 2.19 bits per heavy atom. The topological polar surface area (TPSA) is 87.5 Å². The van der Waals surface area contributed by atoms with Gasteiger partial charge in [0.15, 0.2) is 5.11 Å². The van der Waals surface area contributed by atoms with Crippen molar-refractivity contribution in [3.05, 3.63) is 33.9 Å². The van der Waals surface area contributed by atoms with Gasteiger partial charge in [-0.2, -0.15) is 0 Å². The number of nitrogens with one attached hydrogen (secondary N) is 2. The Bertz CT molecular complexity index is 630. The number of hydrogen-bond donors (Lipinski definition) is 2. The highest BCUT2D eigenvalue weighted by atomic mass is 32.1. The summed E-state index contributed by atoms with van der Waals surface area (Å²) < 4.78 is 0. The van der Waals surface area contributed by atoms with Crippen LogP contribution in [0.25, 0.3) is 0 Å². The lowest BCUT2D eigenvalue weighted by Crippen LogP contribution is -2.37. The van der Waals surface area contributed by atoms with Crippen LogP contribution in [0.15, 0.2) is 18.2 Å². The number of carbonyl (C=O) groups is 1. The molecule has 0 saturated carbocycles. The molecule has 1 fully saturated rings. The molecule has 0 aromatic heterocycles. The number of nitrogens with zero attached hydrogens (tertiary/aromatic N) is 2. The maximum Gasteiger partial charge on any atom is 0.328 e. The third-order valence-electron chi connectivity index (χ3n) is 3.15. The lowest BCUT2D eigenvalue weighted by Gasteiger charge is -2.18. The number of hydrogen-bond acceptors (Lipinski definition) is 4. The molecule has 2 amide bonds. The summed E-state index contributed by atoms with van der Waals surface area (Å²) >= 11 is 5.12. The Balaban J connectivity index is 2.15. The molecule has 112 valence electrons. The second kappa shape index (κ2) is 5.28. The number of carbonyl (C=O) groups excluding carboxylic acids is 1. The van der Waals surface area contributed by atoms with E-state index in [0.717, 1.165) is 0 Å². The van der Waals surface area contributed by atoms with Crippen LogP contribution in [0.3, 0.4) is 0 Å². The normalized spacial score (nSPS) is 16.5. The molecule has 8 heteroatoms. The molecule has 0 atom stereocenters. The summed E-state index contributed by atoms with van der Waals surface area (Å²) in [6, 6.07) is 4.15. The van der Waals surface area contributed by atoms with E-state index in [1.807, 2.05) is 13.8 Å². The Hall–Kier alpha value is -2.22. The number of aryl methyl sites for hydroxylation is 1. The standard InChI is InChI=1S/C13H16N4O3S/c1-8-4-5-9(6-10(8)17(19)20)14-11(18)16-7-13(2,3)15-12(16)21/h4-6H,7H2,1-3H3,(H,14,18)(H,15,21). The second-order valence-electron chi connectivity index (χ2n) is 5.59. The summed E-state index contributed by atoms with van der Waals surface area (Å²) in [6.07, 6.45) is 0. The van der Waals surface area contributed by atoms with Gasteiger partial charge in [-0.3, -0.25) is 15.0 Å². The van der Waals surface area contributed by atoms with Crippen molar-refractivity contribution in [2.24, 2.45) is 0 Å². The lowest BCUT2D eigenvalue weighted by molar-refractivity contribution is -0.385. The highest BCUT2D eigenvalue weighted by molar-refractivity contribution is 7.80. The summed E-state index contributed by atoms with van der Waals surface area (Å²) in [5, 5.41) is 16.9. The zero-order chi connectivity index (χ0) is 15.8. The molecule has 1 saturated heterocycles. The van der Waals surface area contributed by atoms with E-state index in [1.165, 1.54) is 11.0 Å². The average molecular weight is 308 g/mol. The number of nitro groups is 1. The van der Waals surface area contributed by atoms with Gasteiger partial charge in [0, 0.05) is 17.3 Å². The number of rotatable bonds is 2. The van der Waals surface area contributed by atoms with E-state index in [4.69, 9.17) is 12.2 Å². The molecule has 1 aliphatic heterocycles. The van der Waals surface area contributed by atoms with Crippen LogP contribution in [0.1, 0.15) is 19.4 Å². The first-order valence-corrected chi connectivity index (χ1v) is 6.76. The molecule has 0 radical (unpaired) electrons. The predicted octanol–water partition coefficient (Wildman–Crippen LogP) is 2.40. The van der Waals surface area contributed by atoms with Crippen LogP contribution >= 0.6 is 12.2 Å². The van der Waals surface area contributed by atoms with Gasteiger partial charge < -0.3 is 10.6 Å². The van der Waals surface area contributed by atoms with Crippen molar-refractivity contribution in [2.75, 3.05) is 11.9 Å². The molecule has 7 nitrogen and oxygen atoms in total. The number of nitro benzene ring substituents is 1. The first-order valence-electron chi connectivity index (χ1n) is 6.35. The predicted molar refractivity (Wildman–Crippen MR) is 83.4 cm³/mol. The van der Waals surface area contributed by atoms with Crippen LogP contribution in [0.2, 0.25) is 0 Å². The first-order chi connectivity index (χ1) is 9.69. The van der Waals surface area contributed by atoms with E-state index >= 15 is 0 Å². The first kappa shape index (κ1) is 15.2. The smallest absolute Gasteiger partial charge is 0.328 e. The molecule has 1 aromatic rings. The van der Waals surface area contributed by atoms with Crippen molar-refractivity contribution < 1.29 is 9.72 Å². The molecular weight excluding hydrogens is 292 g/mol. The minimum Gasteiger partial charge on any atom is -0.355 e. The van der Waals surface area contributed by atoms with Crippen LogP contribution in [0, 0.1) is 17.0 Å². The van der Waals surface area contributed by atoms with Gasteiger partial charge in [-0.05, 0) is 39.1 Å². The molecule has 1 aliphatic rings. The fourth-order valence-corrected chi connectivity index (χ4v) is 2.53. The zero-order valence-corrected chi connectivity index (χ0v) is 12.8. The van der Waals surface area contributed by atoms with Crippen molar-refractivity contribution in [1.29, 1.82) is 0 Å². The zero-order valence-electron chi connectivity index (χ0n) is 12.0. The van der Waals surface area contributed by atoms with Gasteiger partial charge in [-0.15, -0.1) is 0 Å². The van der Waals surface area contributed by atoms with Gasteiger partial charge in [0.25, 0.3) is 5.69 Å². The Labute approximate surface area is 127 Å². The number of benzene rings is 1. The molecule has 0 spiro atoms. The lowest BCUT2D eigenvalue weighted by atomic mass is 10.1. The molecule has 1 heterocycles. The SMILES string of the molecule is Cc1ccc(NC(=O)N2CC(C)(C)NC2=S)cc1[N+](=O)[O-]. The van der Waals surface area contributed by atoms with Gasteiger partial charge >= 0.3 is 6.03 Å². The van der Waals surface area contributed by atoms with E-state index < -0.39 is 11.0 Å². The molecule has 0 unspecified atom stereocenters. The minimum absolute atomic E-state index is 0.0322. The van der Waals surface area contributed by atoms with Crippen molar-refractivity contribution >= 4 is 34.7 Å². The van der Waals surface area contributed by atoms with Crippen LogP contribution in [-0.4, -0.2) is 33.1 Å². The van der Waals surface area contributed by atoms with Crippen molar-refractivity contribution in [3.63, 3.8) is 0 Å². The van der Waals surface area contributed by atoms with E-state index in [0.29, 0.717) is 22.9 Å². The van der Waals surface area contributed by atoms with E-state index in [2.05, 4.69) is 10.6 Å². The summed E-state index contributed by atoms with van der Waals surface area (Å²) in [6.45, 7) is 5.95. The van der Waals surface area contributed by atoms with Crippen LogP contribution in [0.5, 0.6) is 0 Å². The maximum atomic E-state index is 12.2. The highest BCUT2D eigenvalue weighted by Crippen LogP contribution is 2.23. The fourth-order valence-electron chi connectivity index (χ4n) is 2.10. The van der Waals surface area contributed by atoms with Gasteiger partial charge in [-0.1, -0.05) is 6.07 Å². The highest BCUT2D eigenvalue weighted by Gasteiger charge is 2.35. The van der Waals surface area contributed by atoms with E-state index in [-0.39, 0.29) is 11.2 Å². The number of amides is 2.